The number of para-hydroxylation sites is 1. The molecule has 0 radical (unpaired) electrons. The molecule has 1 fully saturated rings. The molecule has 0 saturated carbocycles. The minimum atomic E-state index is -0.960. The molecule has 0 unspecified atom stereocenters. The van der Waals surface area contributed by atoms with Crippen molar-refractivity contribution in [2.45, 2.75) is 51.5 Å². The van der Waals surface area contributed by atoms with E-state index in [9.17, 15) is 9.59 Å². The van der Waals surface area contributed by atoms with E-state index < -0.39 is 5.97 Å². The van der Waals surface area contributed by atoms with Gasteiger partial charge in [-0.3, -0.25) is 4.79 Å². The van der Waals surface area contributed by atoms with Gasteiger partial charge in [0, 0.05) is 18.8 Å². The van der Waals surface area contributed by atoms with Crippen LogP contribution >= 0.6 is 0 Å². The van der Waals surface area contributed by atoms with Crippen molar-refractivity contribution in [2.24, 2.45) is 0 Å². The van der Waals surface area contributed by atoms with Crippen LogP contribution in [0, 0.1) is 0 Å². The average molecular weight is 395 g/mol. The molecule has 2 N–H and O–H groups in total. The fourth-order valence-electron chi connectivity index (χ4n) is 4.00. The molecule has 0 aromatic heterocycles. The lowest BCUT2D eigenvalue weighted by Gasteiger charge is -2.32. The molecule has 154 valence electrons. The monoisotopic (exact) mass is 394 g/mol. The number of hydrogen-bond donors (Lipinski definition) is 2. The first-order chi connectivity index (χ1) is 14.1. The van der Waals surface area contributed by atoms with Gasteiger partial charge in [0.15, 0.2) is 0 Å². The summed E-state index contributed by atoms with van der Waals surface area (Å²) in [7, 11) is 0. The molecule has 1 aliphatic heterocycles. The van der Waals surface area contributed by atoms with E-state index in [1.807, 2.05) is 6.07 Å². The zero-order valence-corrected chi connectivity index (χ0v) is 17.1. The Morgan fingerprint density at radius 2 is 1.72 bits per heavy atom. The summed E-state index contributed by atoms with van der Waals surface area (Å²) in [6.45, 7) is 4.27. The molecule has 2 aromatic rings. The molecule has 29 heavy (non-hydrogen) atoms. The van der Waals surface area contributed by atoms with Crippen LogP contribution in [0.3, 0.4) is 0 Å². The van der Waals surface area contributed by atoms with Crippen LogP contribution in [0.1, 0.15) is 66.6 Å². The van der Waals surface area contributed by atoms with E-state index in [1.54, 1.807) is 24.3 Å². The van der Waals surface area contributed by atoms with E-state index in [2.05, 4.69) is 35.3 Å². The Bertz CT molecular complexity index is 826. The number of hydrogen-bond acceptors (Lipinski definition) is 3. The van der Waals surface area contributed by atoms with E-state index in [-0.39, 0.29) is 23.9 Å². The summed E-state index contributed by atoms with van der Waals surface area (Å²) in [5.74, 6) is -1.00. The van der Waals surface area contributed by atoms with Gasteiger partial charge in [-0.05, 0) is 55.0 Å². The maximum absolute atomic E-state index is 12.7. The van der Waals surface area contributed by atoms with Gasteiger partial charge in [0.1, 0.15) is 0 Å². The number of anilines is 1. The molecular formula is C24H30N2O3. The number of carbonyl (C=O) groups excluding carboxylic acids is 1. The molecule has 5 heteroatoms. The third-order valence-corrected chi connectivity index (χ3v) is 5.49. The number of nitrogens with one attached hydrogen (secondary N) is 1. The fourth-order valence-corrected chi connectivity index (χ4v) is 4.00. The van der Waals surface area contributed by atoms with Crippen molar-refractivity contribution in [2.75, 3.05) is 18.0 Å². The first-order valence-corrected chi connectivity index (χ1v) is 10.5. The predicted octanol–water partition coefficient (Wildman–Crippen LogP) is 4.58. The fraction of sp³-hybridized carbons (Fsp3) is 0.417. The summed E-state index contributed by atoms with van der Waals surface area (Å²) in [5.41, 5.74) is 3.46. The summed E-state index contributed by atoms with van der Waals surface area (Å²) in [6.07, 6.45) is 5.82. The highest BCUT2D eigenvalue weighted by atomic mass is 16.4. The SMILES string of the molecule is CCC[C@@H](NC(=O)Cc1ccc(C(=O)O)cc1)c1ccccc1N1CCCCC1. The van der Waals surface area contributed by atoms with Gasteiger partial charge in [-0.2, -0.15) is 0 Å². The van der Waals surface area contributed by atoms with Crippen LogP contribution in [0.4, 0.5) is 5.69 Å². The van der Waals surface area contributed by atoms with Gasteiger partial charge in [0.2, 0.25) is 5.91 Å². The number of aromatic carboxylic acids is 1. The summed E-state index contributed by atoms with van der Waals surface area (Å²) in [6, 6.07) is 14.9. The van der Waals surface area contributed by atoms with Crippen molar-refractivity contribution in [3.05, 3.63) is 65.2 Å². The van der Waals surface area contributed by atoms with Gasteiger partial charge in [-0.1, -0.05) is 43.7 Å². The molecule has 1 heterocycles. The van der Waals surface area contributed by atoms with E-state index in [4.69, 9.17) is 5.11 Å². The van der Waals surface area contributed by atoms with Crippen molar-refractivity contribution >= 4 is 17.6 Å². The number of piperidine rings is 1. The third-order valence-electron chi connectivity index (χ3n) is 5.49. The Morgan fingerprint density at radius 1 is 1.03 bits per heavy atom. The lowest BCUT2D eigenvalue weighted by molar-refractivity contribution is -0.121. The van der Waals surface area contributed by atoms with Crippen molar-refractivity contribution in [3.63, 3.8) is 0 Å². The number of rotatable bonds is 8. The maximum Gasteiger partial charge on any atom is 0.335 e. The topological polar surface area (TPSA) is 69.6 Å². The standard InChI is InChI=1S/C24H30N2O3/c1-2-8-21(20-9-4-5-10-22(20)26-15-6-3-7-16-26)25-23(27)17-18-11-13-19(14-12-18)24(28)29/h4-5,9-14,21H,2-3,6-8,15-17H2,1H3,(H,25,27)(H,28,29)/t21-/m1/s1. The molecule has 0 aliphatic carbocycles. The molecule has 5 nitrogen and oxygen atoms in total. The second-order valence-electron chi connectivity index (χ2n) is 7.69. The van der Waals surface area contributed by atoms with Gasteiger partial charge < -0.3 is 15.3 Å². The Kier molecular flexibility index (Phi) is 7.28. The van der Waals surface area contributed by atoms with Gasteiger partial charge >= 0.3 is 5.97 Å². The molecule has 1 amide bonds. The second-order valence-corrected chi connectivity index (χ2v) is 7.69. The highest BCUT2D eigenvalue weighted by Crippen LogP contribution is 2.31. The number of benzene rings is 2. The lowest BCUT2D eigenvalue weighted by atomic mass is 9.98. The van der Waals surface area contributed by atoms with E-state index in [0.717, 1.165) is 31.5 Å². The summed E-state index contributed by atoms with van der Waals surface area (Å²) in [4.78, 5) is 26.2. The smallest absolute Gasteiger partial charge is 0.335 e. The van der Waals surface area contributed by atoms with Crippen LogP contribution in [0.2, 0.25) is 0 Å². The number of amides is 1. The molecule has 2 aromatic carbocycles. The summed E-state index contributed by atoms with van der Waals surface area (Å²) in [5, 5.41) is 12.2. The largest absolute Gasteiger partial charge is 0.478 e. The van der Waals surface area contributed by atoms with Gasteiger partial charge in [0.25, 0.3) is 0 Å². The van der Waals surface area contributed by atoms with Crippen LogP contribution in [-0.4, -0.2) is 30.1 Å². The lowest BCUT2D eigenvalue weighted by Crippen LogP contribution is -2.34. The minimum Gasteiger partial charge on any atom is -0.478 e. The number of nitrogens with zero attached hydrogens (tertiary/aromatic N) is 1. The van der Waals surface area contributed by atoms with E-state index in [1.165, 1.54) is 30.5 Å². The molecule has 1 atom stereocenters. The predicted molar refractivity (Wildman–Crippen MR) is 115 cm³/mol. The normalized spacial score (nSPS) is 15.0. The van der Waals surface area contributed by atoms with Crippen molar-refractivity contribution in [3.8, 4) is 0 Å². The highest BCUT2D eigenvalue weighted by molar-refractivity contribution is 5.87. The number of carboxylic acid groups (broad SMARTS) is 1. The van der Waals surface area contributed by atoms with E-state index >= 15 is 0 Å². The minimum absolute atomic E-state index is 0.0241. The molecule has 3 rings (SSSR count). The van der Waals surface area contributed by atoms with Crippen molar-refractivity contribution < 1.29 is 14.7 Å². The van der Waals surface area contributed by atoms with Gasteiger partial charge in [-0.25, -0.2) is 4.79 Å². The number of carbonyl (C=O) groups is 2. The zero-order valence-electron chi connectivity index (χ0n) is 17.1. The summed E-state index contributed by atoms with van der Waals surface area (Å²) >= 11 is 0. The quantitative estimate of drug-likeness (QED) is 0.688. The molecule has 0 spiro atoms. The van der Waals surface area contributed by atoms with Gasteiger partial charge in [0.05, 0.1) is 18.0 Å². The molecule has 1 aliphatic rings. The van der Waals surface area contributed by atoms with Crippen LogP contribution in [0.5, 0.6) is 0 Å². The molecule has 1 saturated heterocycles. The first kappa shape index (κ1) is 20.9. The van der Waals surface area contributed by atoms with Crippen molar-refractivity contribution in [1.29, 1.82) is 0 Å². The van der Waals surface area contributed by atoms with Crippen LogP contribution in [0.25, 0.3) is 0 Å². The third kappa shape index (κ3) is 5.59. The maximum atomic E-state index is 12.7. The van der Waals surface area contributed by atoms with E-state index in [0.29, 0.717) is 0 Å². The average Bonchev–Trinajstić information content (AvgIpc) is 2.74. The Morgan fingerprint density at radius 3 is 2.38 bits per heavy atom. The van der Waals surface area contributed by atoms with Crippen LogP contribution in [-0.2, 0) is 11.2 Å². The molecular weight excluding hydrogens is 364 g/mol. The van der Waals surface area contributed by atoms with Crippen LogP contribution < -0.4 is 10.2 Å². The first-order valence-electron chi connectivity index (χ1n) is 10.5. The van der Waals surface area contributed by atoms with Gasteiger partial charge in [-0.15, -0.1) is 0 Å². The Balaban J connectivity index is 1.73. The highest BCUT2D eigenvalue weighted by Gasteiger charge is 2.21. The summed E-state index contributed by atoms with van der Waals surface area (Å²) < 4.78 is 0. The Hall–Kier alpha value is -2.82. The number of carboxylic acids is 1. The second kappa shape index (κ2) is 10.1. The van der Waals surface area contributed by atoms with Crippen LogP contribution in [0.15, 0.2) is 48.5 Å². The van der Waals surface area contributed by atoms with Crippen molar-refractivity contribution in [1.82, 2.24) is 5.32 Å². The Labute approximate surface area is 172 Å². The molecule has 0 bridgehead atoms. The zero-order chi connectivity index (χ0) is 20.6.